The average Bonchev–Trinajstić information content (AvgIpc) is 2.91. The summed E-state index contributed by atoms with van der Waals surface area (Å²) < 4.78 is 11.1. The van der Waals surface area contributed by atoms with E-state index in [-0.39, 0.29) is 12.3 Å². The summed E-state index contributed by atoms with van der Waals surface area (Å²) in [5.41, 5.74) is 3.65. The van der Waals surface area contributed by atoms with Crippen molar-refractivity contribution in [1.29, 1.82) is 0 Å². The van der Waals surface area contributed by atoms with Gasteiger partial charge in [-0.05, 0) is 6.07 Å². The first-order chi connectivity index (χ1) is 7.93. The predicted molar refractivity (Wildman–Crippen MR) is 58.7 cm³/mol. The fourth-order valence-corrected chi connectivity index (χ4v) is 2.65. The van der Waals surface area contributed by atoms with Crippen LogP contribution in [0.3, 0.4) is 0 Å². The lowest BCUT2D eigenvalue weighted by atomic mass is 10.0. The van der Waals surface area contributed by atoms with Crippen molar-refractivity contribution in [3.63, 3.8) is 0 Å². The SMILES string of the molecule is c1ccc2c3c([nH]c2c1)CNC1OCOC31. The van der Waals surface area contributed by atoms with Crippen LogP contribution in [0.5, 0.6) is 0 Å². The predicted octanol–water partition coefficient (Wildman–Crippen LogP) is 1.64. The van der Waals surface area contributed by atoms with Crippen molar-refractivity contribution >= 4 is 10.9 Å². The maximum absolute atomic E-state index is 5.65. The number of fused-ring (bicyclic) bond motifs is 5. The number of H-pyrrole nitrogens is 1. The maximum Gasteiger partial charge on any atom is 0.150 e. The van der Waals surface area contributed by atoms with Crippen LogP contribution in [-0.4, -0.2) is 18.0 Å². The third kappa shape index (κ3) is 1.04. The molecule has 2 atom stereocenters. The lowest BCUT2D eigenvalue weighted by Crippen LogP contribution is -2.37. The smallest absolute Gasteiger partial charge is 0.150 e. The van der Waals surface area contributed by atoms with Gasteiger partial charge in [-0.2, -0.15) is 0 Å². The standard InChI is InChI=1S/C12H12N2O2/c1-2-4-8-7(3-1)10-9(14-8)5-13-12-11(10)15-6-16-12/h1-4,11-14H,5-6H2. The monoisotopic (exact) mass is 216 g/mol. The first-order valence-electron chi connectivity index (χ1n) is 5.49. The molecule has 1 saturated heterocycles. The number of aromatic amines is 1. The van der Waals surface area contributed by atoms with Gasteiger partial charge in [0.2, 0.25) is 0 Å². The van der Waals surface area contributed by atoms with Gasteiger partial charge in [-0.25, -0.2) is 0 Å². The molecule has 3 heterocycles. The summed E-state index contributed by atoms with van der Waals surface area (Å²) in [6, 6.07) is 8.33. The summed E-state index contributed by atoms with van der Waals surface area (Å²) in [6.07, 6.45) is 0.0339. The van der Waals surface area contributed by atoms with E-state index in [1.54, 1.807) is 0 Å². The van der Waals surface area contributed by atoms with Crippen LogP contribution in [0.4, 0.5) is 0 Å². The second kappa shape index (κ2) is 3.07. The van der Waals surface area contributed by atoms with Crippen LogP contribution >= 0.6 is 0 Å². The van der Waals surface area contributed by atoms with Gasteiger partial charge >= 0.3 is 0 Å². The minimum absolute atomic E-state index is 0.00621. The molecule has 0 amide bonds. The van der Waals surface area contributed by atoms with Gasteiger partial charge in [0.1, 0.15) is 19.1 Å². The van der Waals surface area contributed by atoms with Gasteiger partial charge in [0.15, 0.2) is 0 Å². The molecular formula is C12H12N2O2. The van der Waals surface area contributed by atoms with E-state index in [1.165, 1.54) is 22.2 Å². The number of hydrogen-bond donors (Lipinski definition) is 2. The molecule has 4 nitrogen and oxygen atoms in total. The van der Waals surface area contributed by atoms with Gasteiger partial charge in [0, 0.05) is 28.7 Å². The second-order valence-electron chi connectivity index (χ2n) is 4.24. The number of para-hydroxylation sites is 1. The van der Waals surface area contributed by atoms with E-state index in [0.717, 1.165) is 6.54 Å². The summed E-state index contributed by atoms with van der Waals surface area (Å²) in [4.78, 5) is 3.43. The van der Waals surface area contributed by atoms with Crippen LogP contribution in [0.1, 0.15) is 17.4 Å². The van der Waals surface area contributed by atoms with E-state index in [4.69, 9.17) is 9.47 Å². The molecule has 2 unspecified atom stereocenters. The highest BCUT2D eigenvalue weighted by Gasteiger charge is 2.37. The lowest BCUT2D eigenvalue weighted by molar-refractivity contribution is 0.0342. The number of ether oxygens (including phenoxy) is 2. The van der Waals surface area contributed by atoms with Crippen LogP contribution in [0.2, 0.25) is 0 Å². The molecule has 0 radical (unpaired) electrons. The van der Waals surface area contributed by atoms with E-state index in [0.29, 0.717) is 6.79 Å². The summed E-state index contributed by atoms with van der Waals surface area (Å²) >= 11 is 0. The molecule has 0 aliphatic carbocycles. The van der Waals surface area contributed by atoms with E-state index in [9.17, 15) is 0 Å². The fraction of sp³-hybridized carbons (Fsp3) is 0.333. The van der Waals surface area contributed by atoms with Gasteiger partial charge in [-0.1, -0.05) is 18.2 Å². The van der Waals surface area contributed by atoms with E-state index >= 15 is 0 Å². The Hall–Kier alpha value is -1.36. The van der Waals surface area contributed by atoms with Crippen LogP contribution < -0.4 is 5.32 Å². The average molecular weight is 216 g/mol. The number of hydrogen-bond acceptors (Lipinski definition) is 3. The van der Waals surface area contributed by atoms with E-state index < -0.39 is 0 Å². The van der Waals surface area contributed by atoms with Crippen LogP contribution in [0, 0.1) is 0 Å². The van der Waals surface area contributed by atoms with E-state index in [1.807, 2.05) is 6.07 Å². The van der Waals surface area contributed by atoms with Gasteiger partial charge in [-0.15, -0.1) is 0 Å². The summed E-state index contributed by atoms with van der Waals surface area (Å²) in [6.45, 7) is 1.19. The maximum atomic E-state index is 5.65. The zero-order valence-electron chi connectivity index (χ0n) is 8.69. The number of rotatable bonds is 0. The third-order valence-corrected chi connectivity index (χ3v) is 3.36. The molecule has 1 aromatic heterocycles. The van der Waals surface area contributed by atoms with Gasteiger partial charge in [0.25, 0.3) is 0 Å². The minimum atomic E-state index is 0.00621. The summed E-state index contributed by atoms with van der Waals surface area (Å²) in [5, 5.41) is 4.57. The summed E-state index contributed by atoms with van der Waals surface area (Å²) in [7, 11) is 0. The molecule has 4 rings (SSSR count). The van der Waals surface area contributed by atoms with Crippen molar-refractivity contribution in [2.45, 2.75) is 18.9 Å². The van der Waals surface area contributed by atoms with Crippen molar-refractivity contribution in [2.24, 2.45) is 0 Å². The molecule has 82 valence electrons. The molecule has 2 aliphatic rings. The van der Waals surface area contributed by atoms with Crippen molar-refractivity contribution in [3.05, 3.63) is 35.5 Å². The largest absolute Gasteiger partial charge is 0.357 e. The quantitative estimate of drug-likeness (QED) is 0.703. The zero-order chi connectivity index (χ0) is 10.5. The number of benzene rings is 1. The Morgan fingerprint density at radius 1 is 1.19 bits per heavy atom. The van der Waals surface area contributed by atoms with Crippen molar-refractivity contribution in [3.8, 4) is 0 Å². The highest BCUT2D eigenvalue weighted by atomic mass is 16.7. The Morgan fingerprint density at radius 2 is 2.12 bits per heavy atom. The Balaban J connectivity index is 1.99. The molecule has 16 heavy (non-hydrogen) atoms. The molecule has 2 N–H and O–H groups in total. The zero-order valence-corrected chi connectivity index (χ0v) is 8.69. The first kappa shape index (κ1) is 8.75. The Kier molecular flexibility index (Phi) is 1.68. The first-order valence-corrected chi connectivity index (χ1v) is 5.49. The molecular weight excluding hydrogens is 204 g/mol. The summed E-state index contributed by atoms with van der Waals surface area (Å²) in [5.74, 6) is 0. The topological polar surface area (TPSA) is 46.3 Å². The van der Waals surface area contributed by atoms with Gasteiger partial charge in [-0.3, -0.25) is 5.32 Å². The van der Waals surface area contributed by atoms with Crippen LogP contribution in [-0.2, 0) is 16.0 Å². The Labute approximate surface area is 92.5 Å². The molecule has 1 aromatic carbocycles. The third-order valence-electron chi connectivity index (χ3n) is 3.36. The van der Waals surface area contributed by atoms with E-state index in [2.05, 4.69) is 28.5 Å². The van der Waals surface area contributed by atoms with Crippen LogP contribution in [0.15, 0.2) is 24.3 Å². The molecule has 2 aliphatic heterocycles. The highest BCUT2D eigenvalue weighted by Crippen LogP contribution is 2.38. The molecule has 0 bridgehead atoms. The van der Waals surface area contributed by atoms with Crippen LogP contribution in [0.25, 0.3) is 10.9 Å². The molecule has 4 heteroatoms. The Bertz CT molecular complexity index is 549. The fourth-order valence-electron chi connectivity index (χ4n) is 2.65. The molecule has 2 aromatic rings. The number of aromatic nitrogens is 1. The highest BCUT2D eigenvalue weighted by molar-refractivity contribution is 5.85. The van der Waals surface area contributed by atoms with Crippen molar-refractivity contribution in [1.82, 2.24) is 10.3 Å². The van der Waals surface area contributed by atoms with Gasteiger partial charge in [0.05, 0.1) is 0 Å². The molecule has 0 spiro atoms. The minimum Gasteiger partial charge on any atom is -0.357 e. The van der Waals surface area contributed by atoms with Crippen molar-refractivity contribution < 1.29 is 9.47 Å². The second-order valence-corrected chi connectivity index (χ2v) is 4.24. The normalized spacial score (nSPS) is 28.0. The Morgan fingerprint density at radius 3 is 3.12 bits per heavy atom. The number of nitrogens with one attached hydrogen (secondary N) is 2. The molecule has 0 saturated carbocycles. The molecule has 1 fully saturated rings. The van der Waals surface area contributed by atoms with Gasteiger partial charge < -0.3 is 14.5 Å². The lowest BCUT2D eigenvalue weighted by Gasteiger charge is -2.24. The van der Waals surface area contributed by atoms with Crippen molar-refractivity contribution in [2.75, 3.05) is 6.79 Å².